The van der Waals surface area contributed by atoms with Crippen LogP contribution in [0.4, 0.5) is 26.3 Å². The molecule has 2 N–H and O–H groups in total. The van der Waals surface area contributed by atoms with Crippen LogP contribution in [0.15, 0.2) is 66.1 Å². The van der Waals surface area contributed by atoms with Crippen molar-refractivity contribution in [3.63, 3.8) is 0 Å². The Kier molecular flexibility index (Phi) is 8.52. The molecule has 1 amide bonds. The van der Waals surface area contributed by atoms with Crippen LogP contribution < -0.4 is 10.6 Å². The summed E-state index contributed by atoms with van der Waals surface area (Å²) in [6.07, 6.45) is -9.63. The summed E-state index contributed by atoms with van der Waals surface area (Å²) in [5.41, 5.74) is -2.18. The Balaban J connectivity index is 1.58. The summed E-state index contributed by atoms with van der Waals surface area (Å²) in [6.45, 7) is 3.68. The molecule has 0 aromatic heterocycles. The number of hydrogen-bond donors (Lipinski definition) is 2. The first-order valence-corrected chi connectivity index (χ1v) is 13.7. The van der Waals surface area contributed by atoms with Crippen LogP contribution >= 0.6 is 0 Å². The van der Waals surface area contributed by atoms with Crippen molar-refractivity contribution in [2.75, 3.05) is 39.4 Å². The number of halogens is 6. The molecule has 2 aromatic carbocycles. The summed E-state index contributed by atoms with van der Waals surface area (Å²) in [5.74, 6) is 0.176. The van der Waals surface area contributed by atoms with E-state index in [0.29, 0.717) is 54.2 Å². The highest BCUT2D eigenvalue weighted by Crippen LogP contribution is 2.38. The second-order valence-electron chi connectivity index (χ2n) is 10.6. The maximum Gasteiger partial charge on any atom is 0.416 e. The highest BCUT2D eigenvalue weighted by atomic mass is 19.4. The Morgan fingerprint density at radius 2 is 1.60 bits per heavy atom. The molecular weight excluding hydrogens is 580 g/mol. The van der Waals surface area contributed by atoms with Crippen LogP contribution in [0.2, 0.25) is 0 Å². The lowest BCUT2D eigenvalue weighted by molar-refractivity contribution is -0.489. The first-order chi connectivity index (χ1) is 20.3. The van der Waals surface area contributed by atoms with Crippen LogP contribution in [0.1, 0.15) is 29.2 Å². The maximum atomic E-state index is 14.3. The molecule has 2 aromatic rings. The minimum absolute atomic E-state index is 0.0550. The fraction of sp³-hybridized carbons (Fsp3) is 0.414. The number of rotatable bonds is 4. The summed E-state index contributed by atoms with van der Waals surface area (Å²) < 4.78 is 88.8. The zero-order valence-corrected chi connectivity index (χ0v) is 23.1. The minimum atomic E-state index is -5.02. The van der Waals surface area contributed by atoms with Gasteiger partial charge in [-0.25, -0.2) is 0 Å². The van der Waals surface area contributed by atoms with E-state index in [1.165, 1.54) is 6.92 Å². The summed E-state index contributed by atoms with van der Waals surface area (Å²) in [4.78, 5) is 29.8. The average Bonchev–Trinajstić information content (AvgIpc) is 2.97. The van der Waals surface area contributed by atoms with Gasteiger partial charge in [-0.2, -0.15) is 26.3 Å². The minimum Gasteiger partial charge on any atom is -0.456 e. The Bertz CT molecular complexity index is 1400. The van der Waals surface area contributed by atoms with Crippen molar-refractivity contribution in [2.45, 2.75) is 38.0 Å². The van der Waals surface area contributed by atoms with E-state index in [1.807, 2.05) is 4.90 Å². The second kappa shape index (κ2) is 12.0. The third-order valence-electron chi connectivity index (χ3n) is 7.71. The van der Waals surface area contributed by atoms with Gasteiger partial charge in [0.25, 0.3) is 5.70 Å². The smallest absolute Gasteiger partial charge is 0.416 e. The SMILES string of the molecule is CC(=O)N1CCN(C2/C=C(/c3ccccc3)[N+](=O)C(Cc3cc(C(F)(F)F)cc(C(F)(F)F)c3)C3=C(NCNC3)O2)CC1. The van der Waals surface area contributed by atoms with E-state index in [2.05, 4.69) is 10.6 Å². The van der Waals surface area contributed by atoms with Gasteiger partial charge in [-0.15, -0.1) is 0 Å². The predicted molar refractivity (Wildman–Crippen MR) is 144 cm³/mol. The van der Waals surface area contributed by atoms with Gasteiger partial charge in [0.1, 0.15) is 0 Å². The molecule has 0 aliphatic carbocycles. The molecular formula is C29H30F6N5O3+. The van der Waals surface area contributed by atoms with Crippen LogP contribution in [-0.4, -0.2) is 72.1 Å². The van der Waals surface area contributed by atoms with Crippen molar-refractivity contribution >= 4 is 11.6 Å². The molecule has 43 heavy (non-hydrogen) atoms. The van der Waals surface area contributed by atoms with Crippen molar-refractivity contribution in [3.05, 3.63) is 93.2 Å². The molecule has 3 aliphatic rings. The lowest BCUT2D eigenvalue weighted by Gasteiger charge is -2.39. The lowest BCUT2D eigenvalue weighted by atomic mass is 9.93. The van der Waals surface area contributed by atoms with Crippen LogP contribution in [0, 0.1) is 4.91 Å². The number of carbonyl (C=O) groups is 1. The van der Waals surface area contributed by atoms with Gasteiger partial charge >= 0.3 is 12.4 Å². The predicted octanol–water partition coefficient (Wildman–Crippen LogP) is 4.34. The van der Waals surface area contributed by atoms with Gasteiger partial charge in [-0.3, -0.25) is 15.0 Å². The largest absolute Gasteiger partial charge is 0.456 e. The van der Waals surface area contributed by atoms with E-state index in [-0.39, 0.29) is 42.3 Å². The molecule has 2 unspecified atom stereocenters. The fourth-order valence-electron chi connectivity index (χ4n) is 5.46. The van der Waals surface area contributed by atoms with Gasteiger partial charge in [0, 0.05) is 61.8 Å². The van der Waals surface area contributed by atoms with E-state index in [1.54, 1.807) is 41.3 Å². The van der Waals surface area contributed by atoms with Gasteiger partial charge in [0.2, 0.25) is 11.9 Å². The Hall–Kier alpha value is -3.91. The third kappa shape index (κ3) is 6.85. The molecule has 0 saturated carbocycles. The van der Waals surface area contributed by atoms with Crippen molar-refractivity contribution in [3.8, 4) is 0 Å². The third-order valence-corrected chi connectivity index (χ3v) is 7.71. The molecule has 1 saturated heterocycles. The molecule has 1 fully saturated rings. The quantitative estimate of drug-likeness (QED) is 0.397. The topological polar surface area (TPSA) is 76.9 Å². The van der Waals surface area contributed by atoms with Crippen LogP contribution in [0.25, 0.3) is 5.70 Å². The molecule has 0 radical (unpaired) electrons. The van der Waals surface area contributed by atoms with Gasteiger partial charge in [0.15, 0.2) is 12.1 Å². The Morgan fingerprint density at radius 3 is 2.19 bits per heavy atom. The zero-order valence-electron chi connectivity index (χ0n) is 23.1. The lowest BCUT2D eigenvalue weighted by Crippen LogP contribution is -2.53. The Labute approximate surface area is 243 Å². The molecule has 0 bridgehead atoms. The number of ether oxygens (including phenoxy) is 1. The molecule has 14 heteroatoms. The normalized spacial score (nSPS) is 23.4. The number of amides is 1. The Morgan fingerprint density at radius 1 is 0.977 bits per heavy atom. The maximum absolute atomic E-state index is 14.3. The van der Waals surface area contributed by atoms with Crippen LogP contribution in [0.5, 0.6) is 0 Å². The van der Waals surface area contributed by atoms with Crippen molar-refractivity contribution < 1.29 is 40.6 Å². The van der Waals surface area contributed by atoms with E-state index in [0.717, 1.165) is 0 Å². The van der Waals surface area contributed by atoms with Crippen molar-refractivity contribution in [2.24, 2.45) is 0 Å². The number of hydrogen-bond acceptors (Lipinski definition) is 6. The number of nitroso groups, excluding NO2 is 1. The van der Waals surface area contributed by atoms with Crippen molar-refractivity contribution in [1.82, 2.24) is 20.4 Å². The van der Waals surface area contributed by atoms with E-state index >= 15 is 0 Å². The molecule has 3 heterocycles. The van der Waals surface area contributed by atoms with Crippen LogP contribution in [0.3, 0.4) is 0 Å². The number of benzene rings is 2. The monoisotopic (exact) mass is 610 g/mol. The highest BCUT2D eigenvalue weighted by Gasteiger charge is 2.43. The number of alkyl halides is 6. The number of piperazine rings is 1. The van der Waals surface area contributed by atoms with Crippen LogP contribution in [-0.2, 0) is 28.3 Å². The molecule has 230 valence electrons. The summed E-state index contributed by atoms with van der Waals surface area (Å²) >= 11 is 0. The fourth-order valence-corrected chi connectivity index (χ4v) is 5.46. The first-order valence-electron chi connectivity index (χ1n) is 13.7. The van der Waals surface area contributed by atoms with Gasteiger partial charge < -0.3 is 15.0 Å². The molecule has 8 nitrogen and oxygen atoms in total. The first kappa shape index (κ1) is 30.5. The average molecular weight is 611 g/mol. The molecule has 5 rings (SSSR count). The molecule has 0 spiro atoms. The van der Waals surface area contributed by atoms with E-state index in [4.69, 9.17) is 4.74 Å². The highest BCUT2D eigenvalue weighted by molar-refractivity contribution is 5.73. The van der Waals surface area contributed by atoms with Gasteiger partial charge in [-0.1, -0.05) is 18.2 Å². The summed E-state index contributed by atoms with van der Waals surface area (Å²) in [7, 11) is 0. The van der Waals surface area contributed by atoms with E-state index < -0.39 is 42.2 Å². The standard InChI is InChI=1S/C29H30F6N5O3/c1-18(41)38-7-9-39(10-8-38)26-15-24(20-5-3-2-4-6-20)40(42)25(23-16-36-17-37-27(23)43-26)13-19-11-21(28(30,31)32)14-22(12-19)29(33,34)35/h2-6,11-12,14-15,25-26,36-37H,7-10,13,16-17H2,1H3/q+1/b24-15-. The van der Waals surface area contributed by atoms with Gasteiger partial charge in [0.05, 0.1) is 28.9 Å². The number of carbonyl (C=O) groups excluding carboxylic acids is 1. The summed E-state index contributed by atoms with van der Waals surface area (Å²) in [5, 5.41) is 6.10. The van der Waals surface area contributed by atoms with E-state index in [9.17, 15) is 36.0 Å². The molecule has 2 atom stereocenters. The second-order valence-corrected chi connectivity index (χ2v) is 10.6. The number of nitrogens with zero attached hydrogens (tertiary/aromatic N) is 3. The molecule has 3 aliphatic heterocycles. The zero-order chi connectivity index (χ0) is 30.9. The number of nitrogens with one attached hydrogen (secondary N) is 2. The van der Waals surface area contributed by atoms with Gasteiger partial charge in [-0.05, 0) is 35.9 Å². The summed E-state index contributed by atoms with van der Waals surface area (Å²) in [6, 6.07) is 8.74. The van der Waals surface area contributed by atoms with Crippen molar-refractivity contribution in [1.29, 1.82) is 0 Å².